The Morgan fingerprint density at radius 2 is 1.44 bits per heavy atom. The Balaban J connectivity index is 1.60. The lowest BCUT2D eigenvalue weighted by molar-refractivity contribution is 0.0535. The Kier molecular flexibility index (Phi) is 6.24. The highest BCUT2D eigenvalue weighted by atomic mass is 16.5. The summed E-state index contributed by atoms with van der Waals surface area (Å²) in [5.74, 6) is 0.0409. The van der Waals surface area contributed by atoms with Crippen molar-refractivity contribution in [1.82, 2.24) is 9.80 Å². The van der Waals surface area contributed by atoms with Gasteiger partial charge in [-0.15, -0.1) is 0 Å². The molecule has 1 aliphatic heterocycles. The summed E-state index contributed by atoms with van der Waals surface area (Å²) in [6, 6.07) is 15.3. The average Bonchev–Trinajstić information content (AvgIpc) is 2.73. The molecule has 5 nitrogen and oxygen atoms in total. The molecular weight excluding hydrogens is 340 g/mol. The molecule has 0 bridgehead atoms. The lowest BCUT2D eigenvalue weighted by Crippen LogP contribution is -2.50. The lowest BCUT2D eigenvalue weighted by atomic mass is 10.1. The standard InChI is InChI=1S/C22H26N2O3/c1-3-17-7-9-19(10-8-17)21(25)23-11-13-24(14-12-23)22(26)20-6-4-5-18(15-20)16-27-2/h4-10,15H,3,11-14,16H2,1-2H3. The summed E-state index contributed by atoms with van der Waals surface area (Å²) in [7, 11) is 1.64. The molecule has 2 aromatic carbocycles. The third kappa shape index (κ3) is 4.55. The number of rotatable bonds is 5. The highest BCUT2D eigenvalue weighted by Gasteiger charge is 2.25. The van der Waals surface area contributed by atoms with Crippen molar-refractivity contribution in [1.29, 1.82) is 0 Å². The zero-order chi connectivity index (χ0) is 19.2. The molecule has 1 heterocycles. The second-order valence-corrected chi connectivity index (χ2v) is 6.77. The first kappa shape index (κ1) is 19.1. The number of carbonyl (C=O) groups is 2. The van der Waals surface area contributed by atoms with Gasteiger partial charge in [0.05, 0.1) is 6.61 Å². The maximum atomic E-state index is 12.8. The molecule has 5 heteroatoms. The van der Waals surface area contributed by atoms with Crippen LogP contribution < -0.4 is 0 Å². The zero-order valence-corrected chi connectivity index (χ0v) is 16.0. The van der Waals surface area contributed by atoms with Crippen LogP contribution in [0.3, 0.4) is 0 Å². The van der Waals surface area contributed by atoms with Crippen LogP contribution in [-0.2, 0) is 17.8 Å². The molecule has 1 aliphatic rings. The van der Waals surface area contributed by atoms with Crippen molar-refractivity contribution >= 4 is 11.8 Å². The van der Waals surface area contributed by atoms with Crippen LogP contribution in [0.25, 0.3) is 0 Å². The van der Waals surface area contributed by atoms with Gasteiger partial charge < -0.3 is 14.5 Å². The van der Waals surface area contributed by atoms with Crippen molar-refractivity contribution < 1.29 is 14.3 Å². The highest BCUT2D eigenvalue weighted by Crippen LogP contribution is 2.14. The number of amides is 2. The number of piperazine rings is 1. The monoisotopic (exact) mass is 366 g/mol. The Labute approximate surface area is 160 Å². The van der Waals surface area contributed by atoms with Crippen LogP contribution >= 0.6 is 0 Å². The summed E-state index contributed by atoms with van der Waals surface area (Å²) in [6.07, 6.45) is 0.959. The molecule has 0 unspecified atom stereocenters. The van der Waals surface area contributed by atoms with Crippen LogP contribution in [0, 0.1) is 0 Å². The van der Waals surface area contributed by atoms with Gasteiger partial charge in [0.1, 0.15) is 0 Å². The van der Waals surface area contributed by atoms with E-state index < -0.39 is 0 Å². The summed E-state index contributed by atoms with van der Waals surface area (Å²) >= 11 is 0. The van der Waals surface area contributed by atoms with Gasteiger partial charge in [0, 0.05) is 44.4 Å². The molecule has 27 heavy (non-hydrogen) atoms. The van der Waals surface area contributed by atoms with E-state index in [0.29, 0.717) is 43.9 Å². The Bertz CT molecular complexity index is 793. The number of hydrogen-bond acceptors (Lipinski definition) is 3. The summed E-state index contributed by atoms with van der Waals surface area (Å²) in [5, 5.41) is 0. The van der Waals surface area contributed by atoms with Gasteiger partial charge in [-0.05, 0) is 41.8 Å². The SMILES string of the molecule is CCc1ccc(C(=O)N2CCN(C(=O)c3cccc(COC)c3)CC2)cc1. The first-order valence-corrected chi connectivity index (χ1v) is 9.37. The summed E-state index contributed by atoms with van der Waals surface area (Å²) in [4.78, 5) is 29.1. The molecule has 1 saturated heterocycles. The van der Waals surface area contributed by atoms with Crippen molar-refractivity contribution in [2.45, 2.75) is 20.0 Å². The second-order valence-electron chi connectivity index (χ2n) is 6.77. The van der Waals surface area contributed by atoms with Crippen LogP contribution in [0.15, 0.2) is 48.5 Å². The van der Waals surface area contributed by atoms with Gasteiger partial charge in [-0.3, -0.25) is 9.59 Å². The smallest absolute Gasteiger partial charge is 0.253 e. The van der Waals surface area contributed by atoms with Crippen molar-refractivity contribution in [2.24, 2.45) is 0 Å². The number of ether oxygens (including phenoxy) is 1. The minimum Gasteiger partial charge on any atom is -0.380 e. The molecule has 142 valence electrons. The molecule has 2 aromatic rings. The van der Waals surface area contributed by atoms with E-state index in [9.17, 15) is 9.59 Å². The van der Waals surface area contributed by atoms with E-state index in [1.54, 1.807) is 7.11 Å². The van der Waals surface area contributed by atoms with E-state index in [-0.39, 0.29) is 11.8 Å². The molecule has 0 N–H and O–H groups in total. The molecule has 1 fully saturated rings. The van der Waals surface area contributed by atoms with Crippen LogP contribution in [-0.4, -0.2) is 54.9 Å². The Morgan fingerprint density at radius 3 is 2.00 bits per heavy atom. The molecule has 0 aliphatic carbocycles. The fourth-order valence-corrected chi connectivity index (χ4v) is 3.32. The maximum absolute atomic E-state index is 12.8. The fourth-order valence-electron chi connectivity index (χ4n) is 3.32. The maximum Gasteiger partial charge on any atom is 0.253 e. The fraction of sp³-hybridized carbons (Fsp3) is 0.364. The van der Waals surface area contributed by atoms with Gasteiger partial charge in [-0.2, -0.15) is 0 Å². The van der Waals surface area contributed by atoms with E-state index in [2.05, 4.69) is 6.92 Å². The molecule has 2 amide bonds. The van der Waals surface area contributed by atoms with Gasteiger partial charge in [0.2, 0.25) is 0 Å². The number of methoxy groups -OCH3 is 1. The number of benzene rings is 2. The van der Waals surface area contributed by atoms with Crippen LogP contribution in [0.2, 0.25) is 0 Å². The predicted octanol–water partition coefficient (Wildman–Crippen LogP) is 2.99. The van der Waals surface area contributed by atoms with E-state index in [1.807, 2.05) is 58.3 Å². The molecule has 0 spiro atoms. The van der Waals surface area contributed by atoms with Crippen LogP contribution in [0.1, 0.15) is 38.8 Å². The largest absolute Gasteiger partial charge is 0.380 e. The number of aryl methyl sites for hydroxylation is 1. The molecule has 0 saturated carbocycles. The number of nitrogens with zero attached hydrogens (tertiary/aromatic N) is 2. The van der Waals surface area contributed by atoms with Crippen LogP contribution in [0.5, 0.6) is 0 Å². The summed E-state index contributed by atoms with van der Waals surface area (Å²) in [6.45, 7) is 4.78. The molecule has 0 radical (unpaired) electrons. The number of hydrogen-bond donors (Lipinski definition) is 0. The van der Waals surface area contributed by atoms with Crippen molar-refractivity contribution in [3.63, 3.8) is 0 Å². The highest BCUT2D eigenvalue weighted by molar-refractivity contribution is 5.96. The minimum atomic E-state index is 0.00681. The topological polar surface area (TPSA) is 49.9 Å². The van der Waals surface area contributed by atoms with Crippen molar-refractivity contribution in [2.75, 3.05) is 33.3 Å². The first-order chi connectivity index (χ1) is 13.1. The van der Waals surface area contributed by atoms with Crippen LogP contribution in [0.4, 0.5) is 0 Å². The summed E-state index contributed by atoms with van der Waals surface area (Å²) in [5.41, 5.74) is 3.57. The average molecular weight is 366 g/mol. The summed E-state index contributed by atoms with van der Waals surface area (Å²) < 4.78 is 5.14. The Hall–Kier alpha value is -2.66. The first-order valence-electron chi connectivity index (χ1n) is 9.37. The van der Waals surface area contributed by atoms with Gasteiger partial charge >= 0.3 is 0 Å². The van der Waals surface area contributed by atoms with E-state index in [4.69, 9.17) is 4.74 Å². The third-order valence-electron chi connectivity index (χ3n) is 4.95. The van der Waals surface area contributed by atoms with Gasteiger partial charge in [0.15, 0.2) is 0 Å². The van der Waals surface area contributed by atoms with Crippen molar-refractivity contribution in [3.05, 3.63) is 70.8 Å². The Morgan fingerprint density at radius 1 is 0.852 bits per heavy atom. The van der Waals surface area contributed by atoms with Gasteiger partial charge in [-0.25, -0.2) is 0 Å². The predicted molar refractivity (Wildman–Crippen MR) is 105 cm³/mol. The quantitative estimate of drug-likeness (QED) is 0.817. The van der Waals surface area contributed by atoms with E-state index in [1.165, 1.54) is 5.56 Å². The molecule has 3 rings (SSSR count). The third-order valence-corrected chi connectivity index (χ3v) is 4.95. The second kappa shape index (κ2) is 8.82. The van der Waals surface area contributed by atoms with E-state index in [0.717, 1.165) is 12.0 Å². The lowest BCUT2D eigenvalue weighted by Gasteiger charge is -2.35. The number of carbonyl (C=O) groups excluding carboxylic acids is 2. The molecule has 0 atom stereocenters. The van der Waals surface area contributed by atoms with Gasteiger partial charge in [-0.1, -0.05) is 31.2 Å². The normalized spacial score (nSPS) is 14.3. The molecule has 0 aromatic heterocycles. The van der Waals surface area contributed by atoms with Crippen molar-refractivity contribution in [3.8, 4) is 0 Å². The minimum absolute atomic E-state index is 0.00681. The van der Waals surface area contributed by atoms with Gasteiger partial charge in [0.25, 0.3) is 11.8 Å². The zero-order valence-electron chi connectivity index (χ0n) is 16.0. The van der Waals surface area contributed by atoms with E-state index >= 15 is 0 Å². The molecular formula is C22H26N2O3.